The van der Waals surface area contributed by atoms with Gasteiger partial charge in [-0.15, -0.1) is 0 Å². The minimum Gasteiger partial charge on any atom is -0.481 e. The van der Waals surface area contributed by atoms with Crippen LogP contribution in [0.1, 0.15) is 17.5 Å². The highest BCUT2D eigenvalue weighted by Crippen LogP contribution is 2.32. The van der Waals surface area contributed by atoms with Crippen LogP contribution in [0.25, 0.3) is 22.0 Å². The number of aliphatic carboxylic acids is 1. The molecule has 1 aromatic heterocycles. The summed E-state index contributed by atoms with van der Waals surface area (Å²) < 4.78 is 0. The highest BCUT2D eigenvalue weighted by molar-refractivity contribution is 5.97. The third-order valence-corrected chi connectivity index (χ3v) is 4.39. The van der Waals surface area contributed by atoms with E-state index in [1.807, 2.05) is 48.5 Å². The van der Waals surface area contributed by atoms with Crippen LogP contribution in [0.2, 0.25) is 0 Å². The van der Waals surface area contributed by atoms with Gasteiger partial charge in [-0.2, -0.15) is 0 Å². The Labute approximate surface area is 151 Å². The Kier molecular flexibility index (Phi) is 5.61. The van der Waals surface area contributed by atoms with Gasteiger partial charge < -0.3 is 15.3 Å². The van der Waals surface area contributed by atoms with Gasteiger partial charge in [0.05, 0.1) is 24.6 Å². The molecule has 1 unspecified atom stereocenters. The van der Waals surface area contributed by atoms with Crippen LogP contribution < -0.4 is 0 Å². The number of benzene rings is 2. The molecule has 3 rings (SSSR count). The Morgan fingerprint density at radius 3 is 2.69 bits per heavy atom. The van der Waals surface area contributed by atoms with Gasteiger partial charge in [-0.25, -0.2) is 0 Å². The fraction of sp³-hybridized carbons (Fsp3) is 0.238. The topological polar surface area (TPSA) is 90.7 Å². The van der Waals surface area contributed by atoms with E-state index in [1.54, 1.807) is 6.20 Å². The van der Waals surface area contributed by atoms with Crippen molar-refractivity contribution in [2.75, 3.05) is 6.61 Å². The molecular formula is C21H21NO4. The van der Waals surface area contributed by atoms with Crippen LogP contribution >= 0.6 is 0 Å². The van der Waals surface area contributed by atoms with Crippen molar-refractivity contribution in [1.82, 2.24) is 4.98 Å². The average Bonchev–Trinajstić information content (AvgIpc) is 2.65. The fourth-order valence-corrected chi connectivity index (χ4v) is 3.13. The molecule has 0 aliphatic heterocycles. The standard InChI is InChI=1S/C21H21NO4/c23-13-17(24)9-8-14-4-3-5-15(10-14)21-16(11-20(25)26)12-22-19-7-2-1-6-18(19)21/h1-7,10,12,17,23-24H,8-9,11,13H2,(H,25,26). The summed E-state index contributed by atoms with van der Waals surface area (Å²) in [4.78, 5) is 15.7. The molecule has 0 spiro atoms. The van der Waals surface area contributed by atoms with Crippen molar-refractivity contribution >= 4 is 16.9 Å². The Balaban J connectivity index is 2.07. The minimum atomic E-state index is -0.898. The molecule has 3 N–H and O–H groups in total. The first-order valence-corrected chi connectivity index (χ1v) is 8.55. The smallest absolute Gasteiger partial charge is 0.307 e. The van der Waals surface area contributed by atoms with Gasteiger partial charge in [0.1, 0.15) is 0 Å². The molecule has 0 aliphatic rings. The number of aryl methyl sites for hydroxylation is 1. The maximum absolute atomic E-state index is 11.3. The number of rotatable bonds is 7. The van der Waals surface area contributed by atoms with Crippen molar-refractivity contribution in [2.24, 2.45) is 0 Å². The summed E-state index contributed by atoms with van der Waals surface area (Å²) in [6.07, 6.45) is 1.91. The van der Waals surface area contributed by atoms with E-state index in [9.17, 15) is 15.0 Å². The Morgan fingerprint density at radius 1 is 1.12 bits per heavy atom. The van der Waals surface area contributed by atoms with Crippen molar-refractivity contribution < 1.29 is 20.1 Å². The molecular weight excluding hydrogens is 330 g/mol. The number of carboxylic acid groups (broad SMARTS) is 1. The number of hydrogen-bond donors (Lipinski definition) is 3. The van der Waals surface area contributed by atoms with Gasteiger partial charge in [0.2, 0.25) is 0 Å². The largest absolute Gasteiger partial charge is 0.481 e. The molecule has 26 heavy (non-hydrogen) atoms. The molecule has 0 bridgehead atoms. The van der Waals surface area contributed by atoms with E-state index < -0.39 is 12.1 Å². The highest BCUT2D eigenvalue weighted by atomic mass is 16.4. The molecule has 3 aromatic rings. The van der Waals surface area contributed by atoms with E-state index in [-0.39, 0.29) is 13.0 Å². The normalized spacial score (nSPS) is 12.2. The molecule has 5 heteroatoms. The zero-order chi connectivity index (χ0) is 18.5. The van der Waals surface area contributed by atoms with E-state index in [4.69, 9.17) is 5.11 Å². The molecule has 2 aromatic carbocycles. The van der Waals surface area contributed by atoms with Crippen molar-refractivity contribution in [1.29, 1.82) is 0 Å². The maximum Gasteiger partial charge on any atom is 0.307 e. The Morgan fingerprint density at radius 2 is 1.92 bits per heavy atom. The summed E-state index contributed by atoms with van der Waals surface area (Å²) >= 11 is 0. The first-order valence-electron chi connectivity index (χ1n) is 8.55. The van der Waals surface area contributed by atoms with E-state index in [0.717, 1.165) is 27.6 Å². The zero-order valence-electron chi connectivity index (χ0n) is 14.3. The number of para-hydroxylation sites is 1. The molecule has 0 amide bonds. The van der Waals surface area contributed by atoms with E-state index >= 15 is 0 Å². The predicted molar refractivity (Wildman–Crippen MR) is 99.9 cm³/mol. The van der Waals surface area contributed by atoms with Gasteiger partial charge >= 0.3 is 5.97 Å². The molecule has 5 nitrogen and oxygen atoms in total. The van der Waals surface area contributed by atoms with Crippen molar-refractivity contribution in [3.63, 3.8) is 0 Å². The van der Waals surface area contributed by atoms with Gasteiger partial charge in [-0.1, -0.05) is 42.5 Å². The first-order chi connectivity index (χ1) is 12.6. The van der Waals surface area contributed by atoms with Gasteiger partial charge in [0.25, 0.3) is 0 Å². The number of aromatic nitrogens is 1. The quantitative estimate of drug-likeness (QED) is 0.609. The number of aliphatic hydroxyl groups is 2. The number of carbonyl (C=O) groups is 1. The lowest BCUT2D eigenvalue weighted by Crippen LogP contribution is -2.12. The SMILES string of the molecule is O=C(O)Cc1cnc2ccccc2c1-c1cccc(CCC(O)CO)c1. The van der Waals surface area contributed by atoms with Crippen LogP contribution in [0.15, 0.2) is 54.7 Å². The van der Waals surface area contributed by atoms with Crippen LogP contribution in [0.5, 0.6) is 0 Å². The monoisotopic (exact) mass is 351 g/mol. The molecule has 0 saturated heterocycles. The lowest BCUT2D eigenvalue weighted by molar-refractivity contribution is -0.136. The van der Waals surface area contributed by atoms with Gasteiger partial charge in [-0.3, -0.25) is 9.78 Å². The average molecular weight is 351 g/mol. The minimum absolute atomic E-state index is 0.0966. The second kappa shape index (κ2) is 8.08. The summed E-state index contributed by atoms with van der Waals surface area (Å²) in [5, 5.41) is 28.7. The van der Waals surface area contributed by atoms with Crippen molar-refractivity contribution in [3.8, 4) is 11.1 Å². The molecule has 1 heterocycles. The highest BCUT2D eigenvalue weighted by Gasteiger charge is 2.14. The summed E-state index contributed by atoms with van der Waals surface area (Å²) in [6, 6.07) is 15.5. The van der Waals surface area contributed by atoms with Crippen LogP contribution in [0.3, 0.4) is 0 Å². The first kappa shape index (κ1) is 18.0. The molecule has 0 saturated carbocycles. The summed E-state index contributed by atoms with van der Waals surface area (Å²) in [5.74, 6) is -0.898. The van der Waals surface area contributed by atoms with Gasteiger partial charge in [0, 0.05) is 11.6 Å². The molecule has 0 aliphatic carbocycles. The van der Waals surface area contributed by atoms with Crippen molar-refractivity contribution in [3.05, 3.63) is 65.9 Å². The second-order valence-electron chi connectivity index (χ2n) is 6.32. The summed E-state index contributed by atoms with van der Waals surface area (Å²) in [7, 11) is 0. The fourth-order valence-electron chi connectivity index (χ4n) is 3.13. The number of pyridine rings is 1. The van der Waals surface area contributed by atoms with Crippen LogP contribution in [0.4, 0.5) is 0 Å². The third kappa shape index (κ3) is 4.07. The Bertz CT molecular complexity index is 923. The molecule has 0 radical (unpaired) electrons. The number of aliphatic hydroxyl groups excluding tert-OH is 2. The number of fused-ring (bicyclic) bond motifs is 1. The summed E-state index contributed by atoms with van der Waals surface area (Å²) in [5.41, 5.74) is 4.32. The molecule has 0 fully saturated rings. The van der Waals surface area contributed by atoms with Gasteiger partial charge in [-0.05, 0) is 41.2 Å². The van der Waals surface area contributed by atoms with Crippen LogP contribution in [0, 0.1) is 0 Å². The lowest BCUT2D eigenvalue weighted by atomic mass is 9.93. The molecule has 1 atom stereocenters. The zero-order valence-corrected chi connectivity index (χ0v) is 14.3. The number of carboxylic acids is 1. The van der Waals surface area contributed by atoms with Gasteiger partial charge in [0.15, 0.2) is 0 Å². The lowest BCUT2D eigenvalue weighted by Gasteiger charge is -2.13. The number of hydrogen-bond acceptors (Lipinski definition) is 4. The van der Waals surface area contributed by atoms with Crippen molar-refractivity contribution in [2.45, 2.75) is 25.4 Å². The summed E-state index contributed by atoms with van der Waals surface area (Å²) in [6.45, 7) is -0.253. The van der Waals surface area contributed by atoms with E-state index in [2.05, 4.69) is 4.98 Å². The maximum atomic E-state index is 11.3. The van der Waals surface area contributed by atoms with E-state index in [1.165, 1.54) is 0 Å². The van der Waals surface area contributed by atoms with Crippen LogP contribution in [-0.2, 0) is 17.6 Å². The second-order valence-corrected chi connectivity index (χ2v) is 6.32. The van der Waals surface area contributed by atoms with Crippen LogP contribution in [-0.4, -0.2) is 39.0 Å². The Hall–Kier alpha value is -2.76. The molecule has 134 valence electrons. The predicted octanol–water partition coefficient (Wildman–Crippen LogP) is 2.81. The third-order valence-electron chi connectivity index (χ3n) is 4.39. The number of nitrogens with zero attached hydrogens (tertiary/aromatic N) is 1. The van der Waals surface area contributed by atoms with E-state index in [0.29, 0.717) is 18.4 Å².